The molecule has 0 radical (unpaired) electrons. The second kappa shape index (κ2) is 4.05. The van der Waals surface area contributed by atoms with Gasteiger partial charge in [-0.1, -0.05) is 12.1 Å². The van der Waals surface area contributed by atoms with Crippen LogP contribution in [0.1, 0.15) is 31.3 Å². The highest BCUT2D eigenvalue weighted by Crippen LogP contribution is 2.14. The maximum absolute atomic E-state index is 5.74. The molecule has 0 fully saturated rings. The Kier molecular flexibility index (Phi) is 2.74. The Morgan fingerprint density at radius 3 is 2.75 bits per heavy atom. The lowest BCUT2D eigenvalue weighted by Gasteiger charge is -1.98. The molecule has 6 nitrogen and oxygen atoms in total. The lowest BCUT2D eigenvalue weighted by molar-refractivity contribution is 0.746. The van der Waals surface area contributed by atoms with Gasteiger partial charge in [-0.25, -0.2) is 4.68 Å². The minimum Gasteiger partial charge on any atom is -0.323 e. The summed E-state index contributed by atoms with van der Waals surface area (Å²) in [5.41, 5.74) is 8.49. The van der Waals surface area contributed by atoms with E-state index < -0.39 is 0 Å². The molecule has 0 aliphatic heterocycles. The van der Waals surface area contributed by atoms with Crippen LogP contribution in [0.2, 0.25) is 0 Å². The Balaban J connectivity index is 2.41. The van der Waals surface area contributed by atoms with Crippen molar-refractivity contribution in [1.29, 1.82) is 0 Å². The molecule has 2 rings (SSSR count). The molecule has 2 heterocycles. The molecule has 0 spiro atoms. The summed E-state index contributed by atoms with van der Waals surface area (Å²) >= 11 is 0. The van der Waals surface area contributed by atoms with E-state index in [1.165, 1.54) is 0 Å². The number of nitrogens with zero attached hydrogens (tertiary/aromatic N) is 5. The van der Waals surface area contributed by atoms with Crippen LogP contribution in [0.15, 0.2) is 12.4 Å². The molecular formula is C10H16N6. The van der Waals surface area contributed by atoms with Crippen molar-refractivity contribution < 1.29 is 0 Å². The van der Waals surface area contributed by atoms with Crippen molar-refractivity contribution in [3.63, 3.8) is 0 Å². The molecule has 2 N–H and O–H groups in total. The third-order valence-electron chi connectivity index (χ3n) is 2.44. The van der Waals surface area contributed by atoms with Gasteiger partial charge in [0, 0.05) is 13.1 Å². The van der Waals surface area contributed by atoms with Crippen molar-refractivity contribution in [1.82, 2.24) is 24.8 Å². The summed E-state index contributed by atoms with van der Waals surface area (Å²) in [6, 6.07) is -0.101. The third-order valence-corrected chi connectivity index (χ3v) is 2.44. The SMILES string of the molecule is CCc1nn(C)cc1-n1cc(C(C)N)nn1. The highest BCUT2D eigenvalue weighted by Gasteiger charge is 2.11. The Labute approximate surface area is 94.1 Å². The summed E-state index contributed by atoms with van der Waals surface area (Å²) in [6.45, 7) is 3.95. The largest absolute Gasteiger partial charge is 0.323 e. The van der Waals surface area contributed by atoms with E-state index in [1.807, 2.05) is 26.4 Å². The van der Waals surface area contributed by atoms with Crippen molar-refractivity contribution in [2.24, 2.45) is 12.8 Å². The quantitative estimate of drug-likeness (QED) is 0.821. The monoisotopic (exact) mass is 220 g/mol. The van der Waals surface area contributed by atoms with Gasteiger partial charge in [0.2, 0.25) is 0 Å². The molecule has 16 heavy (non-hydrogen) atoms. The minimum atomic E-state index is -0.101. The predicted octanol–water partition coefficient (Wildman–Crippen LogP) is 0.583. The van der Waals surface area contributed by atoms with E-state index >= 15 is 0 Å². The first-order valence-corrected chi connectivity index (χ1v) is 5.32. The zero-order valence-corrected chi connectivity index (χ0v) is 9.75. The van der Waals surface area contributed by atoms with E-state index in [1.54, 1.807) is 9.36 Å². The number of rotatable bonds is 3. The maximum Gasteiger partial charge on any atom is 0.107 e. The molecule has 0 aliphatic rings. The van der Waals surface area contributed by atoms with Gasteiger partial charge in [0.25, 0.3) is 0 Å². The summed E-state index contributed by atoms with van der Waals surface area (Å²) in [7, 11) is 1.89. The molecule has 2 aromatic heterocycles. The van der Waals surface area contributed by atoms with E-state index in [9.17, 15) is 0 Å². The first kappa shape index (κ1) is 10.8. The van der Waals surface area contributed by atoms with Crippen LogP contribution in [0, 0.1) is 0 Å². The number of hydrogen-bond donors (Lipinski definition) is 1. The Bertz CT molecular complexity index is 481. The summed E-state index contributed by atoms with van der Waals surface area (Å²) in [4.78, 5) is 0. The molecule has 0 aliphatic carbocycles. The zero-order valence-electron chi connectivity index (χ0n) is 9.75. The van der Waals surface area contributed by atoms with Gasteiger partial charge >= 0.3 is 0 Å². The van der Waals surface area contributed by atoms with Crippen molar-refractivity contribution in [3.05, 3.63) is 23.8 Å². The average molecular weight is 220 g/mol. The number of hydrogen-bond acceptors (Lipinski definition) is 4. The van der Waals surface area contributed by atoms with Gasteiger partial charge in [-0.05, 0) is 13.3 Å². The summed E-state index contributed by atoms with van der Waals surface area (Å²) < 4.78 is 3.51. The van der Waals surface area contributed by atoms with Crippen LogP contribution in [-0.2, 0) is 13.5 Å². The highest BCUT2D eigenvalue weighted by atomic mass is 15.4. The fourth-order valence-corrected chi connectivity index (χ4v) is 1.57. The summed E-state index contributed by atoms with van der Waals surface area (Å²) in [6.07, 6.45) is 4.64. The first-order valence-electron chi connectivity index (χ1n) is 5.32. The van der Waals surface area contributed by atoms with E-state index in [0.717, 1.165) is 23.5 Å². The van der Waals surface area contributed by atoms with Crippen LogP contribution >= 0.6 is 0 Å². The zero-order chi connectivity index (χ0) is 11.7. The number of aromatic nitrogens is 5. The van der Waals surface area contributed by atoms with Gasteiger partial charge in [0.15, 0.2) is 0 Å². The Hall–Kier alpha value is -1.69. The van der Waals surface area contributed by atoms with Crippen LogP contribution < -0.4 is 5.73 Å². The van der Waals surface area contributed by atoms with Gasteiger partial charge in [-0.15, -0.1) is 5.10 Å². The molecule has 0 aromatic carbocycles. The fraction of sp³-hybridized carbons (Fsp3) is 0.500. The Morgan fingerprint density at radius 1 is 1.44 bits per heavy atom. The summed E-state index contributed by atoms with van der Waals surface area (Å²) in [5, 5.41) is 12.4. The lowest BCUT2D eigenvalue weighted by atomic mass is 10.3. The predicted molar refractivity (Wildman–Crippen MR) is 60.1 cm³/mol. The molecular weight excluding hydrogens is 204 g/mol. The third kappa shape index (κ3) is 1.83. The van der Waals surface area contributed by atoms with Crippen molar-refractivity contribution in [2.75, 3.05) is 0 Å². The van der Waals surface area contributed by atoms with Gasteiger partial charge in [-0.3, -0.25) is 4.68 Å². The molecule has 0 saturated carbocycles. The van der Waals surface area contributed by atoms with E-state index in [0.29, 0.717) is 0 Å². The Morgan fingerprint density at radius 2 is 2.19 bits per heavy atom. The van der Waals surface area contributed by atoms with Gasteiger partial charge < -0.3 is 5.73 Å². The minimum absolute atomic E-state index is 0.101. The standard InChI is InChI=1S/C10H16N6/c1-4-8-10(6-15(3)13-8)16-5-9(7(2)11)12-14-16/h5-7H,4,11H2,1-3H3. The number of nitrogens with two attached hydrogens (primary N) is 1. The van der Waals surface area contributed by atoms with Crippen LogP contribution in [0.25, 0.3) is 5.69 Å². The van der Waals surface area contributed by atoms with Crippen molar-refractivity contribution in [3.8, 4) is 5.69 Å². The molecule has 1 atom stereocenters. The van der Waals surface area contributed by atoms with E-state index in [-0.39, 0.29) is 6.04 Å². The second-order valence-electron chi connectivity index (χ2n) is 3.86. The van der Waals surface area contributed by atoms with Crippen molar-refractivity contribution >= 4 is 0 Å². The normalized spacial score (nSPS) is 13.0. The van der Waals surface area contributed by atoms with Gasteiger partial charge in [0.1, 0.15) is 5.69 Å². The molecule has 2 aromatic rings. The van der Waals surface area contributed by atoms with Crippen molar-refractivity contribution in [2.45, 2.75) is 26.3 Å². The molecule has 1 unspecified atom stereocenters. The van der Waals surface area contributed by atoms with E-state index in [4.69, 9.17) is 5.73 Å². The first-order chi connectivity index (χ1) is 7.61. The summed E-state index contributed by atoms with van der Waals surface area (Å²) in [5.74, 6) is 0. The van der Waals surface area contributed by atoms with Crippen LogP contribution in [0.5, 0.6) is 0 Å². The smallest absolute Gasteiger partial charge is 0.107 e. The molecule has 6 heteroatoms. The molecule has 0 saturated heterocycles. The van der Waals surface area contributed by atoms with Gasteiger partial charge in [-0.2, -0.15) is 5.10 Å². The van der Waals surface area contributed by atoms with Gasteiger partial charge in [0.05, 0.1) is 23.8 Å². The maximum atomic E-state index is 5.74. The lowest BCUT2D eigenvalue weighted by Crippen LogP contribution is -2.04. The van der Waals surface area contributed by atoms with Crippen LogP contribution in [-0.4, -0.2) is 24.8 Å². The molecule has 0 bridgehead atoms. The highest BCUT2D eigenvalue weighted by molar-refractivity contribution is 5.33. The average Bonchev–Trinajstić information content (AvgIpc) is 2.82. The van der Waals surface area contributed by atoms with Crippen LogP contribution in [0.3, 0.4) is 0 Å². The fourth-order valence-electron chi connectivity index (χ4n) is 1.57. The molecule has 0 amide bonds. The number of aryl methyl sites for hydroxylation is 2. The van der Waals surface area contributed by atoms with Crippen LogP contribution in [0.4, 0.5) is 0 Å². The van der Waals surface area contributed by atoms with E-state index in [2.05, 4.69) is 22.3 Å². The molecule has 86 valence electrons. The second-order valence-corrected chi connectivity index (χ2v) is 3.86. The topological polar surface area (TPSA) is 74.5 Å².